The Morgan fingerprint density at radius 3 is 1.68 bits per heavy atom. The highest BCUT2D eigenvalue weighted by Gasteiger charge is 2.29. The van der Waals surface area contributed by atoms with Crippen molar-refractivity contribution in [2.24, 2.45) is 0 Å². The standard InChI is InChI=1S/C14H16Cl2N2O5S.C13H14Cl2N2O3.H2/c1-24(21,22)23-10-4-5-18(8-10)13(19)7-17-14(20)9-2-3-11(15)12(16)6-9;14-10-2-1-8(5-11(10)15)13(20)16-6-12(19)17-4-3-9(18)7-17;/h2-3,6,10H,4-5,7-8H2,1H3,(H,17,20);1-2,5,9,18H,3-4,6-7H2,(H,16,20);1H. The van der Waals surface area contributed by atoms with Gasteiger partial charge in [0.1, 0.15) is 0 Å². The van der Waals surface area contributed by atoms with Crippen molar-refractivity contribution in [1.29, 1.82) is 0 Å². The van der Waals surface area contributed by atoms with Crippen molar-refractivity contribution in [3.05, 3.63) is 67.6 Å². The molecule has 2 atom stereocenters. The van der Waals surface area contributed by atoms with Crippen LogP contribution in [0.4, 0.5) is 0 Å². The molecule has 44 heavy (non-hydrogen) atoms. The van der Waals surface area contributed by atoms with Crippen molar-refractivity contribution >= 4 is 80.2 Å². The Hall–Kier alpha value is -2.65. The fourth-order valence-corrected chi connectivity index (χ4v) is 5.51. The van der Waals surface area contributed by atoms with Gasteiger partial charge in [-0.25, -0.2) is 0 Å². The summed E-state index contributed by atoms with van der Waals surface area (Å²) in [5.41, 5.74) is 0.630. The van der Waals surface area contributed by atoms with Crippen LogP contribution >= 0.6 is 46.4 Å². The van der Waals surface area contributed by atoms with Crippen molar-refractivity contribution in [2.45, 2.75) is 25.0 Å². The smallest absolute Gasteiger partial charge is 0.264 e. The SMILES string of the molecule is CS(=O)(=O)OC1CCN(C(=O)CNC(=O)c2ccc(Cl)c(Cl)c2)C1.O=C(NCC(=O)N1CCC(O)C1)c1ccc(Cl)c(Cl)c1.[HH]. The van der Waals surface area contributed by atoms with Gasteiger partial charge in [0, 0.05) is 38.7 Å². The Kier molecular flexibility index (Phi) is 13.1. The van der Waals surface area contributed by atoms with Crippen LogP contribution in [0.1, 0.15) is 35.0 Å². The summed E-state index contributed by atoms with van der Waals surface area (Å²) in [6.45, 7) is 1.08. The van der Waals surface area contributed by atoms with Crippen LogP contribution in [0.25, 0.3) is 0 Å². The number of carbonyl (C=O) groups excluding carboxylic acids is 4. The molecule has 2 unspecified atom stereocenters. The first-order chi connectivity index (χ1) is 20.6. The number of β-amino-alcohol motifs (C(OH)–C–C–N with tert-alkyl or cyclic N) is 1. The van der Waals surface area contributed by atoms with Crippen LogP contribution in [0.3, 0.4) is 0 Å². The van der Waals surface area contributed by atoms with Gasteiger partial charge in [-0.2, -0.15) is 8.42 Å². The molecule has 2 aliphatic rings. The zero-order valence-corrected chi connectivity index (χ0v) is 27.2. The van der Waals surface area contributed by atoms with Crippen molar-refractivity contribution in [1.82, 2.24) is 20.4 Å². The lowest BCUT2D eigenvalue weighted by Crippen LogP contribution is -2.39. The summed E-state index contributed by atoms with van der Waals surface area (Å²) in [5.74, 6) is -1.38. The van der Waals surface area contributed by atoms with E-state index in [9.17, 15) is 32.7 Å². The minimum Gasteiger partial charge on any atom is -0.391 e. The van der Waals surface area contributed by atoms with E-state index in [1.54, 1.807) is 0 Å². The highest BCUT2D eigenvalue weighted by atomic mass is 35.5. The van der Waals surface area contributed by atoms with Crippen molar-refractivity contribution in [3.8, 4) is 0 Å². The van der Waals surface area contributed by atoms with Crippen LogP contribution in [-0.2, 0) is 23.9 Å². The predicted molar refractivity (Wildman–Crippen MR) is 168 cm³/mol. The second-order valence-electron chi connectivity index (χ2n) is 9.96. The Balaban J connectivity index is 0.000000311. The summed E-state index contributed by atoms with van der Waals surface area (Å²) >= 11 is 23.2. The lowest BCUT2D eigenvalue weighted by Gasteiger charge is -2.16. The fourth-order valence-electron chi connectivity index (χ4n) is 4.26. The quantitative estimate of drug-likeness (QED) is 0.352. The highest BCUT2D eigenvalue weighted by Crippen LogP contribution is 2.23. The Bertz CT molecular complexity index is 1520. The first-order valence-electron chi connectivity index (χ1n) is 13.2. The van der Waals surface area contributed by atoms with Crippen LogP contribution in [0.15, 0.2) is 36.4 Å². The summed E-state index contributed by atoms with van der Waals surface area (Å²) in [6, 6.07) is 8.91. The molecule has 2 aromatic rings. The van der Waals surface area contributed by atoms with Crippen LogP contribution in [0.5, 0.6) is 0 Å². The summed E-state index contributed by atoms with van der Waals surface area (Å²) in [5, 5.41) is 15.6. The number of aliphatic hydroxyl groups excluding tert-OH is 1. The number of hydrogen-bond acceptors (Lipinski definition) is 8. The molecule has 4 amide bonds. The van der Waals surface area contributed by atoms with Gasteiger partial charge in [-0.15, -0.1) is 0 Å². The summed E-state index contributed by atoms with van der Waals surface area (Å²) in [6.07, 6.45) is 0.959. The lowest BCUT2D eigenvalue weighted by atomic mass is 10.2. The van der Waals surface area contributed by atoms with Gasteiger partial charge >= 0.3 is 0 Å². The lowest BCUT2D eigenvalue weighted by molar-refractivity contribution is -0.130. The first kappa shape index (κ1) is 35.8. The molecule has 0 saturated carbocycles. The number of nitrogens with zero attached hydrogens (tertiary/aromatic N) is 2. The number of nitrogens with one attached hydrogen (secondary N) is 2. The van der Waals surface area contributed by atoms with Gasteiger partial charge in [0.15, 0.2) is 0 Å². The van der Waals surface area contributed by atoms with Crippen LogP contribution in [0, 0.1) is 0 Å². The maximum absolute atomic E-state index is 12.1. The zero-order chi connectivity index (χ0) is 32.6. The Morgan fingerprint density at radius 1 is 0.818 bits per heavy atom. The molecule has 2 saturated heterocycles. The third-order valence-electron chi connectivity index (χ3n) is 6.49. The van der Waals surface area contributed by atoms with E-state index in [-0.39, 0.29) is 48.5 Å². The minimum absolute atomic E-state index is 0. The van der Waals surface area contributed by atoms with Gasteiger partial charge in [0.2, 0.25) is 11.8 Å². The molecular formula is C27H32Cl4N4O8S. The molecule has 4 rings (SSSR count). The molecule has 2 fully saturated rings. The monoisotopic (exact) mass is 712 g/mol. The predicted octanol–water partition coefficient (Wildman–Crippen LogP) is 2.86. The van der Waals surface area contributed by atoms with Gasteiger partial charge in [-0.05, 0) is 49.2 Å². The largest absolute Gasteiger partial charge is 0.391 e. The van der Waals surface area contributed by atoms with Gasteiger partial charge in [-0.1, -0.05) is 46.4 Å². The van der Waals surface area contributed by atoms with E-state index in [1.807, 2.05) is 0 Å². The number of likely N-dealkylation sites (tertiary alicyclic amines) is 2. The topological polar surface area (TPSA) is 162 Å². The number of rotatable bonds is 8. The molecule has 12 nitrogen and oxygen atoms in total. The van der Waals surface area contributed by atoms with Crippen molar-refractivity contribution < 1.29 is 38.3 Å². The molecule has 0 radical (unpaired) electrons. The van der Waals surface area contributed by atoms with Gasteiger partial charge in [0.05, 0.1) is 51.6 Å². The highest BCUT2D eigenvalue weighted by molar-refractivity contribution is 7.86. The molecule has 3 N–H and O–H groups in total. The average molecular weight is 714 g/mol. The van der Waals surface area contributed by atoms with Crippen molar-refractivity contribution in [2.75, 3.05) is 45.5 Å². The molecule has 0 spiro atoms. The molecular weight excluding hydrogens is 682 g/mol. The summed E-state index contributed by atoms with van der Waals surface area (Å²) in [4.78, 5) is 50.7. The minimum atomic E-state index is -3.56. The van der Waals surface area contributed by atoms with Gasteiger partial charge in [-0.3, -0.25) is 23.4 Å². The van der Waals surface area contributed by atoms with E-state index >= 15 is 0 Å². The van der Waals surface area contributed by atoms with E-state index in [0.717, 1.165) is 6.26 Å². The number of amides is 4. The molecule has 2 heterocycles. The second kappa shape index (κ2) is 16.1. The Labute approximate surface area is 276 Å². The molecule has 242 valence electrons. The maximum Gasteiger partial charge on any atom is 0.264 e. The molecule has 2 aromatic carbocycles. The molecule has 0 aliphatic carbocycles. The number of halogens is 4. The molecule has 17 heteroatoms. The van der Waals surface area contributed by atoms with Crippen LogP contribution < -0.4 is 10.6 Å². The van der Waals surface area contributed by atoms with Gasteiger partial charge < -0.3 is 25.5 Å². The van der Waals surface area contributed by atoms with Crippen molar-refractivity contribution in [3.63, 3.8) is 0 Å². The number of aliphatic hydroxyl groups is 1. The fraction of sp³-hybridized carbons (Fsp3) is 0.407. The molecule has 0 bridgehead atoms. The third kappa shape index (κ3) is 11.1. The van der Waals surface area contributed by atoms with Crippen LogP contribution in [-0.4, -0.2) is 105 Å². The number of carbonyl (C=O) groups is 4. The van der Waals surface area contributed by atoms with E-state index in [1.165, 1.54) is 46.2 Å². The average Bonchev–Trinajstić information content (AvgIpc) is 3.61. The van der Waals surface area contributed by atoms with E-state index in [2.05, 4.69) is 10.6 Å². The number of benzene rings is 2. The molecule has 2 aliphatic heterocycles. The van der Waals surface area contributed by atoms with E-state index in [0.29, 0.717) is 48.1 Å². The second-order valence-corrected chi connectivity index (χ2v) is 13.2. The normalized spacial score (nSPS) is 18.0. The van der Waals surface area contributed by atoms with E-state index in [4.69, 9.17) is 50.6 Å². The number of hydrogen-bond donors (Lipinski definition) is 3. The van der Waals surface area contributed by atoms with Gasteiger partial charge in [0.25, 0.3) is 21.9 Å². The van der Waals surface area contributed by atoms with E-state index < -0.39 is 34.1 Å². The first-order valence-corrected chi connectivity index (χ1v) is 16.5. The third-order valence-corrected chi connectivity index (χ3v) is 8.59. The maximum atomic E-state index is 12.1. The molecule has 0 aromatic heterocycles. The Morgan fingerprint density at radius 2 is 1.27 bits per heavy atom. The summed E-state index contributed by atoms with van der Waals surface area (Å²) in [7, 11) is -3.56. The summed E-state index contributed by atoms with van der Waals surface area (Å²) < 4.78 is 27.0. The van der Waals surface area contributed by atoms with Crippen LogP contribution in [0.2, 0.25) is 20.1 Å². The zero-order valence-electron chi connectivity index (χ0n) is 23.4.